The number of nitrogens with one attached hydrogen (secondary N) is 1. The van der Waals surface area contributed by atoms with Crippen LogP contribution in [0, 0.1) is 6.92 Å². The fourth-order valence-corrected chi connectivity index (χ4v) is 3.79. The lowest BCUT2D eigenvalue weighted by Gasteiger charge is -2.13. The number of halogens is 1. The van der Waals surface area contributed by atoms with Gasteiger partial charge in [0, 0.05) is 34.6 Å². The number of hydrogen-bond acceptors (Lipinski definition) is 4. The van der Waals surface area contributed by atoms with Gasteiger partial charge >= 0.3 is 0 Å². The molecule has 7 heteroatoms. The molecule has 114 valence electrons. The van der Waals surface area contributed by atoms with Crippen molar-refractivity contribution in [2.24, 2.45) is 0 Å². The van der Waals surface area contributed by atoms with Crippen LogP contribution in [0.25, 0.3) is 0 Å². The van der Waals surface area contributed by atoms with E-state index in [0.717, 1.165) is 0 Å². The van der Waals surface area contributed by atoms with Gasteiger partial charge in [-0.25, -0.2) is 4.98 Å². The lowest BCUT2D eigenvalue weighted by molar-refractivity contribution is -0.116. The van der Waals surface area contributed by atoms with Crippen LogP contribution < -0.4 is 10.9 Å². The van der Waals surface area contributed by atoms with E-state index in [1.165, 1.54) is 17.8 Å². The SMILES string of the molecule is Cc1cc(=O)n2c(n1)SC[C@H]2CC(=O)Nc1cccc(Cl)c1. The fourth-order valence-electron chi connectivity index (χ4n) is 2.41. The Labute approximate surface area is 136 Å². The van der Waals surface area contributed by atoms with Crippen LogP contribution in [0.4, 0.5) is 5.69 Å². The monoisotopic (exact) mass is 335 g/mol. The Morgan fingerprint density at radius 3 is 3.09 bits per heavy atom. The molecule has 22 heavy (non-hydrogen) atoms. The minimum Gasteiger partial charge on any atom is -0.326 e. The highest BCUT2D eigenvalue weighted by Crippen LogP contribution is 2.32. The molecule has 5 nitrogen and oxygen atoms in total. The Bertz CT molecular complexity index is 791. The molecule has 0 radical (unpaired) electrons. The van der Waals surface area contributed by atoms with Crippen molar-refractivity contribution in [2.75, 3.05) is 11.1 Å². The molecule has 0 unspecified atom stereocenters. The van der Waals surface area contributed by atoms with Gasteiger partial charge < -0.3 is 5.32 Å². The Balaban J connectivity index is 1.73. The molecule has 0 saturated carbocycles. The van der Waals surface area contributed by atoms with Crippen molar-refractivity contribution in [1.29, 1.82) is 0 Å². The number of aromatic nitrogens is 2. The summed E-state index contributed by atoms with van der Waals surface area (Å²) in [7, 11) is 0. The maximum Gasteiger partial charge on any atom is 0.254 e. The molecular weight excluding hydrogens is 322 g/mol. The molecule has 1 aliphatic heterocycles. The predicted octanol–water partition coefficient (Wildman–Crippen LogP) is 2.88. The van der Waals surface area contributed by atoms with E-state index in [1.807, 2.05) is 0 Å². The molecule has 1 aromatic heterocycles. The number of benzene rings is 1. The van der Waals surface area contributed by atoms with E-state index in [9.17, 15) is 9.59 Å². The lowest BCUT2D eigenvalue weighted by Crippen LogP contribution is -2.27. The van der Waals surface area contributed by atoms with Crippen LogP contribution in [-0.2, 0) is 4.79 Å². The van der Waals surface area contributed by atoms with E-state index in [-0.39, 0.29) is 23.9 Å². The van der Waals surface area contributed by atoms with Gasteiger partial charge in [0.1, 0.15) is 0 Å². The maximum absolute atomic E-state index is 12.2. The van der Waals surface area contributed by atoms with E-state index in [1.54, 1.807) is 35.8 Å². The number of carbonyl (C=O) groups is 1. The largest absolute Gasteiger partial charge is 0.326 e. The highest BCUT2D eigenvalue weighted by molar-refractivity contribution is 7.99. The van der Waals surface area contributed by atoms with Crippen LogP contribution in [0.2, 0.25) is 5.02 Å². The predicted molar refractivity (Wildman–Crippen MR) is 87.7 cm³/mol. The van der Waals surface area contributed by atoms with Crippen LogP contribution in [0.3, 0.4) is 0 Å². The van der Waals surface area contributed by atoms with E-state index < -0.39 is 0 Å². The molecule has 0 bridgehead atoms. The molecule has 1 aromatic carbocycles. The Morgan fingerprint density at radius 2 is 2.32 bits per heavy atom. The van der Waals surface area contributed by atoms with Crippen molar-refractivity contribution >= 4 is 35.0 Å². The quantitative estimate of drug-likeness (QED) is 0.876. The van der Waals surface area contributed by atoms with Crippen molar-refractivity contribution < 1.29 is 4.79 Å². The summed E-state index contributed by atoms with van der Waals surface area (Å²) in [6.07, 6.45) is 0.233. The van der Waals surface area contributed by atoms with Gasteiger partial charge in [0.2, 0.25) is 5.91 Å². The third-order valence-corrected chi connectivity index (χ3v) is 4.68. The van der Waals surface area contributed by atoms with Gasteiger partial charge in [0.15, 0.2) is 5.16 Å². The Morgan fingerprint density at radius 1 is 1.50 bits per heavy atom. The number of carbonyl (C=O) groups excluding carboxylic acids is 1. The molecule has 2 heterocycles. The number of fused-ring (bicyclic) bond motifs is 1. The molecule has 0 spiro atoms. The average molecular weight is 336 g/mol. The van der Waals surface area contributed by atoms with Crippen LogP contribution in [0.1, 0.15) is 18.2 Å². The molecule has 2 aromatic rings. The molecule has 3 rings (SSSR count). The number of rotatable bonds is 3. The third kappa shape index (κ3) is 3.18. The second-order valence-corrected chi connectivity index (χ2v) is 6.54. The van der Waals surface area contributed by atoms with Crippen LogP contribution in [0.15, 0.2) is 40.3 Å². The summed E-state index contributed by atoms with van der Waals surface area (Å²) >= 11 is 7.40. The normalized spacial score (nSPS) is 16.4. The van der Waals surface area contributed by atoms with E-state index >= 15 is 0 Å². The molecular formula is C15H14ClN3O2S. The van der Waals surface area contributed by atoms with Gasteiger partial charge in [0.25, 0.3) is 5.56 Å². The molecule has 1 N–H and O–H groups in total. The summed E-state index contributed by atoms with van der Waals surface area (Å²) < 4.78 is 1.61. The van der Waals surface area contributed by atoms with Gasteiger partial charge in [-0.1, -0.05) is 29.4 Å². The van der Waals surface area contributed by atoms with Crippen LogP contribution >= 0.6 is 23.4 Å². The maximum atomic E-state index is 12.2. The van der Waals surface area contributed by atoms with E-state index in [4.69, 9.17) is 11.6 Å². The lowest BCUT2D eigenvalue weighted by atomic mass is 10.2. The topological polar surface area (TPSA) is 64.0 Å². The first-order valence-electron chi connectivity index (χ1n) is 6.81. The first kappa shape index (κ1) is 15.1. The van der Waals surface area contributed by atoms with Gasteiger partial charge in [-0.05, 0) is 25.1 Å². The first-order valence-corrected chi connectivity index (χ1v) is 8.17. The molecule has 0 saturated heterocycles. The summed E-state index contributed by atoms with van der Waals surface area (Å²) in [6, 6.07) is 8.31. The molecule has 0 fully saturated rings. The zero-order chi connectivity index (χ0) is 15.7. The summed E-state index contributed by atoms with van der Waals surface area (Å²) in [4.78, 5) is 28.6. The summed E-state index contributed by atoms with van der Waals surface area (Å²) in [5.74, 6) is 0.530. The van der Waals surface area contributed by atoms with Crippen molar-refractivity contribution in [3.05, 3.63) is 51.4 Å². The number of aryl methyl sites for hydroxylation is 1. The fraction of sp³-hybridized carbons (Fsp3) is 0.267. The van der Waals surface area contributed by atoms with Crippen LogP contribution in [-0.4, -0.2) is 21.2 Å². The minimum atomic E-state index is -0.167. The number of thioether (sulfide) groups is 1. The second kappa shape index (κ2) is 6.14. The molecule has 0 aliphatic carbocycles. The van der Waals surface area contributed by atoms with Crippen molar-refractivity contribution in [2.45, 2.75) is 24.5 Å². The Kier molecular flexibility index (Phi) is 4.22. The zero-order valence-electron chi connectivity index (χ0n) is 11.9. The highest BCUT2D eigenvalue weighted by atomic mass is 35.5. The third-order valence-electron chi connectivity index (χ3n) is 3.35. The van der Waals surface area contributed by atoms with Gasteiger partial charge in [-0.2, -0.15) is 0 Å². The average Bonchev–Trinajstić information content (AvgIpc) is 2.81. The highest BCUT2D eigenvalue weighted by Gasteiger charge is 2.27. The standard InChI is InChI=1S/C15H14ClN3O2S/c1-9-5-14(21)19-12(8-22-15(19)17-9)7-13(20)18-11-4-2-3-10(16)6-11/h2-6,12H,7-8H2,1H3,(H,18,20)/t12-/m1/s1. The minimum absolute atomic E-state index is 0.104. The van der Waals surface area contributed by atoms with Gasteiger partial charge in [0.05, 0.1) is 6.04 Å². The van der Waals surface area contributed by atoms with Gasteiger partial charge in [-0.15, -0.1) is 0 Å². The van der Waals surface area contributed by atoms with E-state index in [0.29, 0.717) is 27.3 Å². The number of amides is 1. The van der Waals surface area contributed by atoms with Crippen LogP contribution in [0.5, 0.6) is 0 Å². The summed E-state index contributed by atoms with van der Waals surface area (Å²) in [6.45, 7) is 1.79. The first-order chi connectivity index (χ1) is 10.5. The molecule has 1 aliphatic rings. The number of nitrogens with zero attached hydrogens (tertiary/aromatic N) is 2. The van der Waals surface area contributed by atoms with Crippen molar-refractivity contribution in [1.82, 2.24) is 9.55 Å². The molecule has 1 amide bonds. The van der Waals surface area contributed by atoms with E-state index in [2.05, 4.69) is 10.3 Å². The smallest absolute Gasteiger partial charge is 0.254 e. The Hall–Kier alpha value is -1.79. The number of anilines is 1. The zero-order valence-corrected chi connectivity index (χ0v) is 13.4. The summed E-state index contributed by atoms with van der Waals surface area (Å²) in [5.41, 5.74) is 1.25. The van der Waals surface area contributed by atoms with Crippen molar-refractivity contribution in [3.63, 3.8) is 0 Å². The second-order valence-electron chi connectivity index (χ2n) is 5.12. The number of hydrogen-bond donors (Lipinski definition) is 1. The summed E-state index contributed by atoms with van der Waals surface area (Å²) in [5, 5.41) is 4.05. The van der Waals surface area contributed by atoms with Crippen molar-refractivity contribution in [3.8, 4) is 0 Å². The van der Waals surface area contributed by atoms with Gasteiger partial charge in [-0.3, -0.25) is 14.2 Å². The molecule has 1 atom stereocenters.